The number of rotatable bonds is 10. The Kier molecular flexibility index (Phi) is 8.70. The molecule has 1 aromatic heterocycles. The van der Waals surface area contributed by atoms with Gasteiger partial charge in [0.25, 0.3) is 0 Å². The third-order valence-corrected chi connectivity index (χ3v) is 7.42. The predicted octanol–water partition coefficient (Wildman–Crippen LogP) is 5.89. The van der Waals surface area contributed by atoms with Crippen molar-refractivity contribution in [1.29, 1.82) is 0 Å². The first kappa shape index (κ1) is 27.6. The van der Waals surface area contributed by atoms with Crippen LogP contribution < -0.4 is 11.1 Å². The molecule has 1 atom stereocenters. The minimum absolute atomic E-state index is 0.138. The highest BCUT2D eigenvalue weighted by Gasteiger charge is 2.38. The lowest BCUT2D eigenvalue weighted by molar-refractivity contribution is -0.120. The summed E-state index contributed by atoms with van der Waals surface area (Å²) >= 11 is 0. The molecule has 0 saturated heterocycles. The first-order valence-corrected chi connectivity index (χ1v) is 13.9. The topological polar surface area (TPSA) is 85.3 Å². The van der Waals surface area contributed by atoms with E-state index in [4.69, 9.17) is 10.7 Å². The average Bonchev–Trinajstić information content (AvgIpc) is 3.50. The van der Waals surface area contributed by atoms with Crippen molar-refractivity contribution in [2.75, 3.05) is 6.54 Å². The number of aliphatic imine (C=N–C) groups is 1. The van der Waals surface area contributed by atoms with E-state index in [0.717, 1.165) is 40.8 Å². The molecule has 0 fully saturated rings. The summed E-state index contributed by atoms with van der Waals surface area (Å²) < 4.78 is 2.21. The van der Waals surface area contributed by atoms with Gasteiger partial charge in [-0.3, -0.25) is 15.1 Å². The van der Waals surface area contributed by atoms with Gasteiger partial charge in [-0.05, 0) is 42.0 Å². The molecule has 0 saturated carbocycles. The van der Waals surface area contributed by atoms with Gasteiger partial charge in [-0.2, -0.15) is 0 Å². The molecule has 4 aromatic carbocycles. The van der Waals surface area contributed by atoms with Crippen LogP contribution in [0.2, 0.25) is 0 Å². The maximum Gasteiger partial charge on any atom is 0.233 e. The van der Waals surface area contributed by atoms with Gasteiger partial charge >= 0.3 is 0 Å². The normalized spacial score (nSPS) is 12.6. The quantitative estimate of drug-likeness (QED) is 0.100. The molecule has 0 aliphatic heterocycles. The second-order valence-corrected chi connectivity index (χ2v) is 10.1. The van der Waals surface area contributed by atoms with E-state index in [9.17, 15) is 4.79 Å². The summed E-state index contributed by atoms with van der Waals surface area (Å²) in [6.07, 6.45) is 5.53. The number of nitrogens with one attached hydrogen (secondary N) is 1. The Morgan fingerprint density at radius 3 is 1.83 bits per heavy atom. The van der Waals surface area contributed by atoms with Crippen LogP contribution in [0.3, 0.4) is 0 Å². The van der Waals surface area contributed by atoms with Crippen molar-refractivity contribution in [3.63, 3.8) is 0 Å². The van der Waals surface area contributed by atoms with E-state index >= 15 is 0 Å². The maximum atomic E-state index is 12.6. The highest BCUT2D eigenvalue weighted by atomic mass is 16.2. The zero-order chi connectivity index (χ0) is 28.5. The predicted molar refractivity (Wildman–Crippen MR) is 165 cm³/mol. The minimum Gasteiger partial charge on any atom is -0.370 e. The summed E-state index contributed by atoms with van der Waals surface area (Å²) in [6, 6.07) is 41.2. The van der Waals surface area contributed by atoms with Crippen LogP contribution in [0.25, 0.3) is 0 Å². The molecule has 6 heteroatoms. The average molecular weight is 542 g/mol. The lowest BCUT2D eigenvalue weighted by atomic mass is 9.77. The monoisotopic (exact) mass is 541 g/mol. The fourth-order valence-electron chi connectivity index (χ4n) is 5.29. The molecule has 0 aliphatic rings. The smallest absolute Gasteiger partial charge is 0.233 e. The number of hydrogen-bond acceptors (Lipinski definition) is 3. The number of nitrogens with two attached hydrogens (primary N) is 1. The SMILES string of the molecule is CC(C(=O)NC(N)=NCCCc1cn(C(c2ccccc2)(c2ccccc2)c2ccccc2)cn1)c1ccccc1. The fourth-order valence-corrected chi connectivity index (χ4v) is 5.29. The van der Waals surface area contributed by atoms with E-state index in [1.54, 1.807) is 0 Å². The van der Waals surface area contributed by atoms with Crippen LogP contribution in [0.5, 0.6) is 0 Å². The van der Waals surface area contributed by atoms with Gasteiger partial charge in [0.05, 0.1) is 17.9 Å². The van der Waals surface area contributed by atoms with Gasteiger partial charge < -0.3 is 10.3 Å². The molecule has 0 spiro atoms. The molecular weight excluding hydrogens is 506 g/mol. The number of carbonyl (C=O) groups is 1. The molecule has 5 aromatic rings. The third kappa shape index (κ3) is 6.12. The number of guanidine groups is 1. The van der Waals surface area contributed by atoms with Gasteiger partial charge in [-0.15, -0.1) is 0 Å². The Bertz CT molecular complexity index is 1470. The summed E-state index contributed by atoms with van der Waals surface area (Å²) in [5.74, 6) is -0.345. The van der Waals surface area contributed by atoms with Gasteiger partial charge in [-0.25, -0.2) is 4.98 Å². The molecule has 5 rings (SSSR count). The van der Waals surface area contributed by atoms with Crippen LogP contribution in [0, 0.1) is 0 Å². The lowest BCUT2D eigenvalue weighted by Crippen LogP contribution is -2.39. The van der Waals surface area contributed by atoms with Crippen molar-refractivity contribution in [3.05, 3.63) is 162 Å². The fraction of sp³-hybridized carbons (Fsp3) is 0.171. The summed E-state index contributed by atoms with van der Waals surface area (Å²) in [5.41, 5.74) is 10.8. The molecule has 1 heterocycles. The Morgan fingerprint density at radius 2 is 1.32 bits per heavy atom. The molecule has 41 heavy (non-hydrogen) atoms. The number of benzene rings is 4. The molecular formula is C35H35N5O. The number of aryl methyl sites for hydroxylation is 1. The molecule has 0 aliphatic carbocycles. The highest BCUT2D eigenvalue weighted by Crippen LogP contribution is 2.40. The van der Waals surface area contributed by atoms with E-state index in [0.29, 0.717) is 6.54 Å². The number of carbonyl (C=O) groups excluding carboxylic acids is 1. The number of imidazole rings is 1. The number of amides is 1. The largest absolute Gasteiger partial charge is 0.370 e. The summed E-state index contributed by atoms with van der Waals surface area (Å²) in [7, 11) is 0. The standard InChI is InChI=1S/C35H35N5O/c1-27(28-15-6-2-7-16-28)33(41)39-34(36)37-24-14-23-32-25-40(26-38-32)35(29-17-8-3-9-18-29,30-19-10-4-11-20-30)31-21-12-5-13-22-31/h2-13,15-22,25-27H,14,23-24H2,1H3,(H3,36,37,39,41). The first-order valence-electron chi connectivity index (χ1n) is 13.9. The van der Waals surface area contributed by atoms with Crippen LogP contribution in [0.4, 0.5) is 0 Å². The van der Waals surface area contributed by atoms with E-state index in [1.165, 1.54) is 0 Å². The number of nitrogens with zero attached hydrogens (tertiary/aromatic N) is 3. The highest BCUT2D eigenvalue weighted by molar-refractivity contribution is 5.99. The van der Waals surface area contributed by atoms with Gasteiger partial charge in [0.2, 0.25) is 5.91 Å². The second-order valence-electron chi connectivity index (χ2n) is 10.1. The van der Waals surface area contributed by atoms with Gasteiger partial charge in [0.15, 0.2) is 5.96 Å². The Morgan fingerprint density at radius 1 is 0.829 bits per heavy atom. The third-order valence-electron chi connectivity index (χ3n) is 7.42. The Labute approximate surface area is 241 Å². The Balaban J connectivity index is 1.33. The van der Waals surface area contributed by atoms with Crippen molar-refractivity contribution < 1.29 is 4.79 Å². The van der Waals surface area contributed by atoms with Crippen molar-refractivity contribution in [3.8, 4) is 0 Å². The van der Waals surface area contributed by atoms with Crippen molar-refractivity contribution in [1.82, 2.24) is 14.9 Å². The number of hydrogen-bond donors (Lipinski definition) is 2. The zero-order valence-electron chi connectivity index (χ0n) is 23.2. The van der Waals surface area contributed by atoms with E-state index in [-0.39, 0.29) is 17.8 Å². The zero-order valence-corrected chi connectivity index (χ0v) is 23.2. The molecule has 206 valence electrons. The van der Waals surface area contributed by atoms with E-state index in [1.807, 2.05) is 61.8 Å². The van der Waals surface area contributed by atoms with Gasteiger partial charge in [-0.1, -0.05) is 121 Å². The number of aromatic nitrogens is 2. The molecule has 6 nitrogen and oxygen atoms in total. The van der Waals surface area contributed by atoms with Crippen LogP contribution in [-0.2, 0) is 16.8 Å². The molecule has 0 radical (unpaired) electrons. The summed E-state index contributed by atoms with van der Waals surface area (Å²) in [5, 5.41) is 2.72. The van der Waals surface area contributed by atoms with Crippen molar-refractivity contribution >= 4 is 11.9 Å². The Hall–Kier alpha value is -4.97. The van der Waals surface area contributed by atoms with E-state index < -0.39 is 5.54 Å². The molecule has 3 N–H and O–H groups in total. The summed E-state index contributed by atoms with van der Waals surface area (Å²) in [6.45, 7) is 2.34. The molecule has 0 bridgehead atoms. The molecule has 1 amide bonds. The second kappa shape index (κ2) is 12.9. The minimum atomic E-state index is -0.586. The van der Waals surface area contributed by atoms with Crippen LogP contribution in [0.1, 0.15) is 47.2 Å². The van der Waals surface area contributed by atoms with E-state index in [2.05, 4.69) is 93.9 Å². The van der Waals surface area contributed by atoms with Crippen LogP contribution in [-0.4, -0.2) is 28.0 Å². The van der Waals surface area contributed by atoms with Crippen molar-refractivity contribution in [2.45, 2.75) is 31.2 Å². The van der Waals surface area contributed by atoms with Crippen LogP contribution >= 0.6 is 0 Å². The van der Waals surface area contributed by atoms with Gasteiger partial charge in [0, 0.05) is 12.7 Å². The summed E-state index contributed by atoms with van der Waals surface area (Å²) in [4.78, 5) is 21.7. The maximum absolute atomic E-state index is 12.6. The van der Waals surface area contributed by atoms with Crippen molar-refractivity contribution in [2.24, 2.45) is 10.7 Å². The van der Waals surface area contributed by atoms with Crippen LogP contribution in [0.15, 0.2) is 139 Å². The first-order chi connectivity index (χ1) is 20.1. The lowest BCUT2D eigenvalue weighted by Gasteiger charge is -2.37. The molecule has 1 unspecified atom stereocenters. The van der Waals surface area contributed by atoms with Gasteiger partial charge in [0.1, 0.15) is 5.54 Å².